The van der Waals surface area contributed by atoms with E-state index in [1.807, 2.05) is 13.8 Å². The van der Waals surface area contributed by atoms with Crippen molar-refractivity contribution in [3.05, 3.63) is 70.8 Å². The molecule has 1 fully saturated rings. The number of amides is 3. The Kier molecular flexibility index (Phi) is 13.2. The number of ether oxygens (including phenoxy) is 1. The molecule has 0 saturated carbocycles. The maximum atomic E-state index is 13.7. The van der Waals surface area contributed by atoms with E-state index in [9.17, 15) is 29.4 Å². The van der Waals surface area contributed by atoms with Crippen molar-refractivity contribution in [3.8, 4) is 5.75 Å². The fraction of sp³-hybridized carbons (Fsp3) is 0.514. The molecule has 4 rings (SSSR count). The van der Waals surface area contributed by atoms with Crippen LogP contribution < -0.4 is 16.1 Å². The number of aryl methyl sites for hydroxylation is 2. The van der Waals surface area contributed by atoms with Crippen LogP contribution in [0.2, 0.25) is 0 Å². The SMILES string of the molecule is COC(CC/C=C/c1ccc2c(c1)CCC2)C(C)C(=O)NC(C(=O)NC(Cc1cccc(O)c1)C(=O)N1CCCC(C(=O)O)N1)C(C)C. The predicted octanol–water partition coefficient (Wildman–Crippen LogP) is 3.77. The van der Waals surface area contributed by atoms with Gasteiger partial charge in [0, 0.05) is 20.1 Å². The van der Waals surface area contributed by atoms with Crippen LogP contribution in [0.1, 0.15) is 75.1 Å². The highest BCUT2D eigenvalue weighted by atomic mass is 16.5. The molecule has 11 nitrogen and oxygen atoms in total. The Morgan fingerprint density at radius 2 is 1.79 bits per heavy atom. The Balaban J connectivity index is 1.39. The van der Waals surface area contributed by atoms with E-state index in [-0.39, 0.29) is 36.6 Å². The highest BCUT2D eigenvalue weighted by Gasteiger charge is 2.35. The molecule has 2 aromatic rings. The van der Waals surface area contributed by atoms with Gasteiger partial charge in [0.2, 0.25) is 11.8 Å². The molecule has 0 spiro atoms. The van der Waals surface area contributed by atoms with Crippen molar-refractivity contribution in [2.45, 2.75) is 96.4 Å². The van der Waals surface area contributed by atoms with Gasteiger partial charge in [0.25, 0.3) is 5.91 Å². The van der Waals surface area contributed by atoms with Crippen molar-refractivity contribution in [2.75, 3.05) is 13.7 Å². The summed E-state index contributed by atoms with van der Waals surface area (Å²) in [5.41, 5.74) is 7.39. The van der Waals surface area contributed by atoms with Crippen molar-refractivity contribution in [2.24, 2.45) is 11.8 Å². The molecule has 0 radical (unpaired) electrons. The number of fused-ring (bicyclic) bond motifs is 1. The van der Waals surface area contributed by atoms with Gasteiger partial charge in [-0.25, -0.2) is 5.43 Å². The van der Waals surface area contributed by atoms with Crippen LogP contribution in [0.25, 0.3) is 6.08 Å². The first kappa shape index (κ1) is 36.6. The lowest BCUT2D eigenvalue weighted by atomic mass is 9.96. The Hall–Kier alpha value is -4.22. The molecule has 2 aliphatic rings. The van der Waals surface area contributed by atoms with Crippen LogP contribution in [0.4, 0.5) is 0 Å². The molecular formula is C37H50N4O7. The first-order valence-electron chi connectivity index (χ1n) is 17.0. The van der Waals surface area contributed by atoms with Crippen LogP contribution >= 0.6 is 0 Å². The van der Waals surface area contributed by atoms with E-state index < -0.39 is 41.8 Å². The summed E-state index contributed by atoms with van der Waals surface area (Å²) >= 11 is 0. The summed E-state index contributed by atoms with van der Waals surface area (Å²) in [5, 5.41) is 26.4. The number of carboxylic acids is 1. The molecule has 2 aromatic carbocycles. The lowest BCUT2D eigenvalue weighted by Crippen LogP contribution is -2.62. The second-order valence-corrected chi connectivity index (χ2v) is 13.2. The number of carboxylic acid groups (broad SMARTS) is 1. The molecule has 5 unspecified atom stereocenters. The summed E-state index contributed by atoms with van der Waals surface area (Å²) in [5.74, 6) is -3.29. The lowest BCUT2D eigenvalue weighted by Gasteiger charge is -2.35. The van der Waals surface area contributed by atoms with E-state index in [0.717, 1.165) is 12.8 Å². The van der Waals surface area contributed by atoms with Gasteiger partial charge in [0.15, 0.2) is 0 Å². The number of aliphatic carboxylic acids is 1. The largest absolute Gasteiger partial charge is 0.508 e. The van der Waals surface area contributed by atoms with Crippen molar-refractivity contribution in [1.29, 1.82) is 0 Å². The van der Waals surface area contributed by atoms with E-state index in [1.165, 1.54) is 40.3 Å². The predicted molar refractivity (Wildman–Crippen MR) is 183 cm³/mol. The van der Waals surface area contributed by atoms with Gasteiger partial charge in [-0.15, -0.1) is 0 Å². The summed E-state index contributed by atoms with van der Waals surface area (Å²) in [7, 11) is 1.58. The molecule has 260 valence electrons. The molecular weight excluding hydrogens is 612 g/mol. The number of hydrogen-bond acceptors (Lipinski definition) is 7. The van der Waals surface area contributed by atoms with Crippen LogP contribution in [0.3, 0.4) is 0 Å². The average molecular weight is 663 g/mol. The smallest absolute Gasteiger partial charge is 0.322 e. The van der Waals surface area contributed by atoms with E-state index in [4.69, 9.17) is 4.74 Å². The third kappa shape index (κ3) is 9.90. The van der Waals surface area contributed by atoms with Crippen molar-refractivity contribution >= 4 is 29.8 Å². The number of carbonyl (C=O) groups excluding carboxylic acids is 3. The molecule has 3 amide bonds. The number of phenols is 1. The van der Waals surface area contributed by atoms with Gasteiger partial charge in [-0.3, -0.25) is 24.2 Å². The number of nitrogens with zero attached hydrogens (tertiary/aromatic N) is 1. The fourth-order valence-corrected chi connectivity index (χ4v) is 6.43. The number of methoxy groups -OCH3 is 1. The molecule has 1 aliphatic heterocycles. The summed E-state index contributed by atoms with van der Waals surface area (Å²) < 4.78 is 5.70. The molecule has 1 heterocycles. The van der Waals surface area contributed by atoms with Crippen molar-refractivity contribution < 1.29 is 34.1 Å². The number of benzene rings is 2. The van der Waals surface area contributed by atoms with Gasteiger partial charge in [-0.2, -0.15) is 0 Å². The number of rotatable bonds is 15. The van der Waals surface area contributed by atoms with Gasteiger partial charge in [0.05, 0.1) is 12.0 Å². The molecule has 48 heavy (non-hydrogen) atoms. The molecule has 11 heteroatoms. The van der Waals surface area contributed by atoms with Crippen LogP contribution in [-0.2, 0) is 43.2 Å². The van der Waals surface area contributed by atoms with Crippen LogP contribution in [0.15, 0.2) is 48.5 Å². The lowest BCUT2D eigenvalue weighted by molar-refractivity contribution is -0.148. The summed E-state index contributed by atoms with van der Waals surface area (Å²) in [6.45, 7) is 5.67. The summed E-state index contributed by atoms with van der Waals surface area (Å²) in [6.07, 6.45) is 9.54. The maximum Gasteiger partial charge on any atom is 0.322 e. The van der Waals surface area contributed by atoms with Crippen LogP contribution in [0.5, 0.6) is 5.75 Å². The third-order valence-corrected chi connectivity index (χ3v) is 9.29. The highest BCUT2D eigenvalue weighted by molar-refractivity contribution is 5.93. The number of carbonyl (C=O) groups is 4. The molecule has 1 aliphatic carbocycles. The Labute approximate surface area is 283 Å². The number of hydrogen-bond donors (Lipinski definition) is 5. The minimum absolute atomic E-state index is 0.0137. The highest BCUT2D eigenvalue weighted by Crippen LogP contribution is 2.24. The molecule has 5 N–H and O–H groups in total. The molecule has 0 bridgehead atoms. The number of nitrogens with one attached hydrogen (secondary N) is 3. The number of phenolic OH excluding ortho intramolecular Hbond substituents is 1. The van der Waals surface area contributed by atoms with Gasteiger partial charge >= 0.3 is 5.97 Å². The summed E-state index contributed by atoms with van der Waals surface area (Å²) in [4.78, 5) is 52.5. The van der Waals surface area contributed by atoms with E-state index >= 15 is 0 Å². The molecule has 0 aromatic heterocycles. The number of hydrazine groups is 1. The second kappa shape index (κ2) is 17.3. The fourth-order valence-electron chi connectivity index (χ4n) is 6.43. The molecule has 1 saturated heterocycles. The first-order chi connectivity index (χ1) is 23.0. The second-order valence-electron chi connectivity index (χ2n) is 13.2. The van der Waals surface area contributed by atoms with E-state index in [0.29, 0.717) is 31.2 Å². The number of allylic oxidation sites excluding steroid dienone is 1. The zero-order chi connectivity index (χ0) is 34.8. The standard InChI is InChI=1S/C37H50N4O7/c1-23(2)33(39-34(43)24(3)32(48-4)16-6-5-10-25-17-18-27-12-8-13-28(27)20-25)35(44)38-31(22-26-11-7-14-29(42)21-26)36(45)41-19-9-15-30(40-41)37(46)47/h5,7,10-11,14,17-18,20-21,23-24,30-33,40,42H,6,8-9,12-13,15-16,19,22H2,1-4H3,(H,38,44)(H,39,43)(H,46,47)/b10-5+. The van der Waals surface area contributed by atoms with E-state index in [2.05, 4.69) is 46.4 Å². The zero-order valence-electron chi connectivity index (χ0n) is 28.4. The summed E-state index contributed by atoms with van der Waals surface area (Å²) in [6, 6.07) is 10.0. The van der Waals surface area contributed by atoms with Gasteiger partial charge in [-0.1, -0.05) is 63.3 Å². The third-order valence-electron chi connectivity index (χ3n) is 9.29. The zero-order valence-corrected chi connectivity index (χ0v) is 28.4. The molecule has 5 atom stereocenters. The van der Waals surface area contributed by atoms with E-state index in [1.54, 1.807) is 26.2 Å². The van der Waals surface area contributed by atoms with Gasteiger partial charge in [-0.05, 0) is 85.3 Å². The van der Waals surface area contributed by atoms with Crippen molar-refractivity contribution in [3.63, 3.8) is 0 Å². The van der Waals surface area contributed by atoms with Crippen LogP contribution in [-0.4, -0.2) is 76.8 Å². The monoisotopic (exact) mass is 662 g/mol. The Bertz CT molecular complexity index is 1480. The first-order valence-corrected chi connectivity index (χ1v) is 17.0. The maximum absolute atomic E-state index is 13.7. The Morgan fingerprint density at radius 1 is 1.02 bits per heavy atom. The minimum Gasteiger partial charge on any atom is -0.508 e. The van der Waals surface area contributed by atoms with Gasteiger partial charge < -0.3 is 25.6 Å². The minimum atomic E-state index is -1.08. The van der Waals surface area contributed by atoms with Crippen molar-refractivity contribution in [1.82, 2.24) is 21.1 Å². The average Bonchev–Trinajstić information content (AvgIpc) is 3.54. The normalized spacial score (nSPS) is 18.6. The number of aromatic hydroxyl groups is 1. The Morgan fingerprint density at radius 3 is 2.50 bits per heavy atom. The quantitative estimate of drug-likeness (QED) is 0.193. The van der Waals surface area contributed by atoms with Crippen LogP contribution in [0, 0.1) is 11.8 Å². The topological polar surface area (TPSA) is 157 Å². The van der Waals surface area contributed by atoms with Gasteiger partial charge in [0.1, 0.15) is 23.9 Å².